The van der Waals surface area contributed by atoms with Gasteiger partial charge in [-0.1, -0.05) is 23.7 Å². The number of nitro groups is 1. The number of hydrogen-bond acceptors (Lipinski definition) is 6. The number of halogens is 1. The highest BCUT2D eigenvalue weighted by Gasteiger charge is 2.15. The predicted octanol–water partition coefficient (Wildman–Crippen LogP) is 3.12. The Kier molecular flexibility index (Phi) is 5.89. The third-order valence-electron chi connectivity index (χ3n) is 3.97. The van der Waals surface area contributed by atoms with Gasteiger partial charge < -0.3 is 10.1 Å². The van der Waals surface area contributed by atoms with Crippen molar-refractivity contribution in [1.29, 1.82) is 0 Å². The first-order valence-electron chi connectivity index (χ1n) is 8.34. The van der Waals surface area contributed by atoms with Crippen LogP contribution in [0.25, 0.3) is 11.3 Å². The van der Waals surface area contributed by atoms with Crippen LogP contribution in [-0.4, -0.2) is 27.7 Å². The summed E-state index contributed by atoms with van der Waals surface area (Å²) in [5, 5.41) is 17.6. The number of nitrogens with zero attached hydrogens (tertiary/aromatic N) is 3. The lowest BCUT2D eigenvalue weighted by molar-refractivity contribution is -0.384. The average Bonchev–Trinajstić information content (AvgIpc) is 2.71. The number of carbonyl (C=O) groups excluding carboxylic acids is 1. The van der Waals surface area contributed by atoms with Crippen LogP contribution in [-0.2, 0) is 11.3 Å². The number of nitrogens with one attached hydrogen (secondary N) is 1. The van der Waals surface area contributed by atoms with E-state index in [-0.39, 0.29) is 22.9 Å². The summed E-state index contributed by atoms with van der Waals surface area (Å²) in [6.45, 7) is -0.377. The van der Waals surface area contributed by atoms with E-state index in [1.165, 1.54) is 31.4 Å². The van der Waals surface area contributed by atoms with E-state index in [1.807, 2.05) is 0 Å². The van der Waals surface area contributed by atoms with Crippen molar-refractivity contribution in [2.75, 3.05) is 12.4 Å². The van der Waals surface area contributed by atoms with E-state index in [0.717, 1.165) is 10.7 Å². The quantitative estimate of drug-likeness (QED) is 0.489. The van der Waals surface area contributed by atoms with Gasteiger partial charge in [0.05, 0.1) is 17.7 Å². The largest absolute Gasteiger partial charge is 0.496 e. The number of ether oxygens (including phenoxy) is 1. The second-order valence-electron chi connectivity index (χ2n) is 5.89. The van der Waals surface area contributed by atoms with Crippen molar-refractivity contribution >= 4 is 28.9 Å². The van der Waals surface area contributed by atoms with Crippen LogP contribution in [0, 0.1) is 10.1 Å². The molecule has 9 nitrogen and oxygen atoms in total. The van der Waals surface area contributed by atoms with Gasteiger partial charge in [0.1, 0.15) is 17.3 Å². The molecule has 2 aromatic carbocycles. The smallest absolute Gasteiger partial charge is 0.289 e. The van der Waals surface area contributed by atoms with Crippen LogP contribution in [0.5, 0.6) is 5.75 Å². The molecule has 0 radical (unpaired) electrons. The van der Waals surface area contributed by atoms with E-state index in [0.29, 0.717) is 17.0 Å². The molecule has 1 amide bonds. The molecular formula is C19H15ClN4O5. The van der Waals surface area contributed by atoms with Crippen LogP contribution in [0.4, 0.5) is 11.4 Å². The molecular weight excluding hydrogens is 400 g/mol. The number of amides is 1. The zero-order valence-electron chi connectivity index (χ0n) is 15.2. The lowest BCUT2D eigenvalue weighted by Crippen LogP contribution is -2.29. The summed E-state index contributed by atoms with van der Waals surface area (Å²) < 4.78 is 6.30. The molecule has 0 saturated carbocycles. The Hall–Kier alpha value is -3.72. The fourth-order valence-corrected chi connectivity index (χ4v) is 2.82. The van der Waals surface area contributed by atoms with Crippen molar-refractivity contribution in [3.05, 3.63) is 80.1 Å². The highest BCUT2D eigenvalue weighted by molar-refractivity contribution is 6.32. The molecule has 0 aliphatic heterocycles. The normalized spacial score (nSPS) is 10.4. The zero-order valence-corrected chi connectivity index (χ0v) is 15.9. The Balaban J connectivity index is 1.83. The summed E-state index contributed by atoms with van der Waals surface area (Å²) in [5.41, 5.74) is 0.494. The number of rotatable bonds is 6. The van der Waals surface area contributed by atoms with Crippen LogP contribution in [0.1, 0.15) is 0 Å². The Morgan fingerprint density at radius 1 is 1.24 bits per heavy atom. The number of methoxy groups -OCH3 is 1. The van der Waals surface area contributed by atoms with Gasteiger partial charge in [0.2, 0.25) is 5.91 Å². The Labute approximate surface area is 169 Å². The van der Waals surface area contributed by atoms with Crippen molar-refractivity contribution in [1.82, 2.24) is 9.78 Å². The van der Waals surface area contributed by atoms with Gasteiger partial charge in [0.25, 0.3) is 11.2 Å². The fraction of sp³-hybridized carbons (Fsp3) is 0.105. The maximum atomic E-state index is 12.3. The third-order valence-corrected chi connectivity index (χ3v) is 4.29. The topological polar surface area (TPSA) is 116 Å². The Morgan fingerprint density at radius 3 is 2.72 bits per heavy atom. The first kappa shape index (κ1) is 20.0. The maximum absolute atomic E-state index is 12.3. The molecule has 0 spiro atoms. The number of benzene rings is 2. The fourth-order valence-electron chi connectivity index (χ4n) is 2.63. The molecule has 0 aliphatic carbocycles. The number of aromatic nitrogens is 2. The van der Waals surface area contributed by atoms with Crippen molar-refractivity contribution < 1.29 is 14.5 Å². The molecule has 3 aromatic rings. The van der Waals surface area contributed by atoms with Crippen molar-refractivity contribution in [2.24, 2.45) is 0 Å². The number of nitro benzene ring substituents is 1. The van der Waals surface area contributed by atoms with Crippen LogP contribution in [0.15, 0.2) is 59.4 Å². The van der Waals surface area contributed by atoms with Crippen LogP contribution in [0.3, 0.4) is 0 Å². The monoisotopic (exact) mass is 414 g/mol. The first-order valence-corrected chi connectivity index (χ1v) is 8.72. The van der Waals surface area contributed by atoms with Gasteiger partial charge in [-0.3, -0.25) is 19.7 Å². The standard InChI is InChI=1S/C19H15ClN4O5/c1-29-17-5-3-2-4-13(17)15-8-9-19(26)23(22-15)11-18(25)21-12-6-7-14(20)16(10-12)24(27)28/h2-10H,11H2,1H3,(H,21,25). The first-order chi connectivity index (χ1) is 13.9. The minimum atomic E-state index is -0.652. The Bertz CT molecular complexity index is 1150. The molecule has 29 heavy (non-hydrogen) atoms. The molecule has 3 rings (SSSR count). The van der Waals surface area contributed by atoms with Gasteiger partial charge in [-0.15, -0.1) is 0 Å². The van der Waals surface area contributed by atoms with E-state index in [1.54, 1.807) is 24.3 Å². The molecule has 148 valence electrons. The summed E-state index contributed by atoms with van der Waals surface area (Å²) >= 11 is 5.76. The molecule has 10 heteroatoms. The molecule has 1 heterocycles. The van der Waals surface area contributed by atoms with E-state index >= 15 is 0 Å². The lowest BCUT2D eigenvalue weighted by atomic mass is 10.1. The van der Waals surface area contributed by atoms with E-state index in [2.05, 4.69) is 10.4 Å². The van der Waals surface area contributed by atoms with Gasteiger partial charge in [-0.25, -0.2) is 4.68 Å². The summed E-state index contributed by atoms with van der Waals surface area (Å²) in [7, 11) is 1.52. The van der Waals surface area contributed by atoms with Gasteiger partial charge in [-0.2, -0.15) is 5.10 Å². The molecule has 0 saturated heterocycles. The van der Waals surface area contributed by atoms with E-state index in [9.17, 15) is 19.7 Å². The van der Waals surface area contributed by atoms with E-state index < -0.39 is 16.4 Å². The SMILES string of the molecule is COc1ccccc1-c1ccc(=O)n(CC(=O)Nc2ccc(Cl)c([N+](=O)[O-])c2)n1. The number of anilines is 1. The second kappa shape index (κ2) is 8.53. The number of para-hydroxylation sites is 1. The molecule has 0 atom stereocenters. The van der Waals surface area contributed by atoms with Crippen molar-refractivity contribution in [3.8, 4) is 17.0 Å². The van der Waals surface area contributed by atoms with Crippen LogP contribution < -0.4 is 15.6 Å². The third kappa shape index (κ3) is 4.58. The number of carbonyl (C=O) groups is 1. The zero-order chi connectivity index (χ0) is 21.0. The summed E-state index contributed by atoms with van der Waals surface area (Å²) in [4.78, 5) is 34.8. The average molecular weight is 415 g/mol. The van der Waals surface area contributed by atoms with Crippen LogP contribution >= 0.6 is 11.6 Å². The molecule has 1 N–H and O–H groups in total. The molecule has 0 unspecified atom stereocenters. The van der Waals surface area contributed by atoms with Crippen molar-refractivity contribution in [2.45, 2.75) is 6.54 Å². The molecule has 0 bridgehead atoms. The summed E-state index contributed by atoms with van der Waals surface area (Å²) in [6.07, 6.45) is 0. The van der Waals surface area contributed by atoms with Crippen LogP contribution in [0.2, 0.25) is 5.02 Å². The van der Waals surface area contributed by atoms with Gasteiger partial charge in [0, 0.05) is 23.4 Å². The van der Waals surface area contributed by atoms with Gasteiger partial charge >= 0.3 is 0 Å². The Morgan fingerprint density at radius 2 is 2.00 bits per heavy atom. The van der Waals surface area contributed by atoms with Gasteiger partial charge in [-0.05, 0) is 30.3 Å². The van der Waals surface area contributed by atoms with Crippen molar-refractivity contribution in [3.63, 3.8) is 0 Å². The highest BCUT2D eigenvalue weighted by Crippen LogP contribution is 2.28. The second-order valence-corrected chi connectivity index (χ2v) is 6.29. The van der Waals surface area contributed by atoms with E-state index in [4.69, 9.17) is 16.3 Å². The number of hydrogen-bond donors (Lipinski definition) is 1. The summed E-state index contributed by atoms with van der Waals surface area (Å²) in [5.74, 6) is -0.00322. The predicted molar refractivity (Wildman–Crippen MR) is 107 cm³/mol. The minimum absolute atomic E-state index is 0.0459. The highest BCUT2D eigenvalue weighted by atomic mass is 35.5. The lowest BCUT2D eigenvalue weighted by Gasteiger charge is -2.10. The summed E-state index contributed by atoms with van der Waals surface area (Å²) in [6, 6.07) is 13.9. The molecule has 0 fully saturated rings. The minimum Gasteiger partial charge on any atom is -0.496 e. The molecule has 1 aromatic heterocycles. The van der Waals surface area contributed by atoms with Gasteiger partial charge in [0.15, 0.2) is 0 Å². The molecule has 0 aliphatic rings. The maximum Gasteiger partial charge on any atom is 0.289 e.